The number of aromatic nitrogens is 1. The lowest BCUT2D eigenvalue weighted by Gasteiger charge is -2.49. The molecule has 0 bridgehead atoms. The number of H-pyrrole nitrogens is 1. The lowest BCUT2D eigenvalue weighted by Crippen LogP contribution is -2.39. The highest BCUT2D eigenvalue weighted by Crippen LogP contribution is 2.54. The molecular formula is C36H52N2O4. The van der Waals surface area contributed by atoms with E-state index < -0.39 is 5.97 Å². The van der Waals surface area contributed by atoms with E-state index in [9.17, 15) is 4.79 Å². The SMILES string of the molecule is CC.CC1CCC1C1CCC1c1cccc(C(=O)O)c1.CCOC1CCN(Cc2c(OC)cc(C)c3[nH]ccc23)CC1. The maximum absolute atomic E-state index is 11.0. The number of aryl methyl sites for hydroxylation is 1. The fourth-order valence-electron chi connectivity index (χ4n) is 7.16. The summed E-state index contributed by atoms with van der Waals surface area (Å²) in [4.78, 5) is 16.9. The summed E-state index contributed by atoms with van der Waals surface area (Å²) in [5.41, 5.74) is 5.42. The van der Waals surface area contributed by atoms with Crippen LogP contribution < -0.4 is 4.74 Å². The van der Waals surface area contributed by atoms with Crippen LogP contribution in [0.5, 0.6) is 5.75 Å². The van der Waals surface area contributed by atoms with Crippen molar-refractivity contribution in [2.45, 2.75) is 91.7 Å². The van der Waals surface area contributed by atoms with E-state index in [-0.39, 0.29) is 0 Å². The largest absolute Gasteiger partial charge is 0.496 e. The Labute approximate surface area is 252 Å². The van der Waals surface area contributed by atoms with Gasteiger partial charge in [-0.05, 0) is 105 Å². The molecule has 1 saturated heterocycles. The minimum atomic E-state index is -0.815. The van der Waals surface area contributed by atoms with E-state index in [4.69, 9.17) is 14.6 Å². The molecule has 2 aliphatic carbocycles. The smallest absolute Gasteiger partial charge is 0.335 e. The molecule has 6 heteroatoms. The predicted octanol–water partition coefficient (Wildman–Crippen LogP) is 8.44. The average Bonchev–Trinajstić information content (AvgIpc) is 3.49. The van der Waals surface area contributed by atoms with Gasteiger partial charge < -0.3 is 19.6 Å². The predicted molar refractivity (Wildman–Crippen MR) is 172 cm³/mol. The molecule has 4 atom stereocenters. The van der Waals surface area contributed by atoms with E-state index in [1.165, 1.54) is 53.3 Å². The Hall–Kier alpha value is -2.83. The molecule has 3 fully saturated rings. The van der Waals surface area contributed by atoms with E-state index >= 15 is 0 Å². The number of methoxy groups -OCH3 is 1. The van der Waals surface area contributed by atoms with Gasteiger partial charge in [-0.3, -0.25) is 4.90 Å². The van der Waals surface area contributed by atoms with Crippen molar-refractivity contribution in [3.05, 3.63) is 64.8 Å². The summed E-state index contributed by atoms with van der Waals surface area (Å²) < 4.78 is 11.4. The van der Waals surface area contributed by atoms with E-state index in [0.29, 0.717) is 17.6 Å². The van der Waals surface area contributed by atoms with Crippen molar-refractivity contribution in [1.82, 2.24) is 9.88 Å². The van der Waals surface area contributed by atoms with Gasteiger partial charge in [-0.25, -0.2) is 4.79 Å². The summed E-state index contributed by atoms with van der Waals surface area (Å²) in [6.45, 7) is 14.5. The summed E-state index contributed by atoms with van der Waals surface area (Å²) >= 11 is 0. The fraction of sp³-hybridized carbons (Fsp3) is 0.583. The van der Waals surface area contributed by atoms with Crippen molar-refractivity contribution in [1.29, 1.82) is 0 Å². The molecule has 1 aliphatic heterocycles. The third-order valence-corrected chi connectivity index (χ3v) is 9.78. The molecule has 0 amide bonds. The Morgan fingerprint density at radius 3 is 2.33 bits per heavy atom. The second-order valence-electron chi connectivity index (χ2n) is 12.1. The van der Waals surface area contributed by atoms with Gasteiger partial charge in [0.1, 0.15) is 5.75 Å². The molecule has 0 spiro atoms. The van der Waals surface area contributed by atoms with Crippen LogP contribution in [-0.2, 0) is 11.3 Å². The molecule has 6 nitrogen and oxygen atoms in total. The molecule has 4 unspecified atom stereocenters. The molecule has 230 valence electrons. The summed E-state index contributed by atoms with van der Waals surface area (Å²) in [6, 6.07) is 11.9. The number of rotatable bonds is 8. The zero-order valence-corrected chi connectivity index (χ0v) is 26.6. The molecule has 6 rings (SSSR count). The molecule has 2 N–H and O–H groups in total. The van der Waals surface area contributed by atoms with Crippen molar-refractivity contribution in [3.8, 4) is 5.75 Å². The van der Waals surface area contributed by atoms with E-state index in [2.05, 4.69) is 48.9 Å². The van der Waals surface area contributed by atoms with Gasteiger partial charge in [0.25, 0.3) is 0 Å². The van der Waals surface area contributed by atoms with E-state index in [0.717, 1.165) is 62.6 Å². The van der Waals surface area contributed by atoms with Crippen LogP contribution in [0.2, 0.25) is 0 Å². The first-order valence-corrected chi connectivity index (χ1v) is 16.2. The van der Waals surface area contributed by atoms with Crippen molar-refractivity contribution in [2.24, 2.45) is 17.8 Å². The first kappa shape index (κ1) is 32.1. The Morgan fingerprint density at radius 1 is 1.02 bits per heavy atom. The van der Waals surface area contributed by atoms with Crippen molar-refractivity contribution < 1.29 is 19.4 Å². The van der Waals surface area contributed by atoms with Crippen LogP contribution in [0.3, 0.4) is 0 Å². The van der Waals surface area contributed by atoms with Crippen LogP contribution in [0.25, 0.3) is 10.9 Å². The summed E-state index contributed by atoms with van der Waals surface area (Å²) in [5, 5.41) is 10.3. The number of aromatic carboxylic acids is 1. The van der Waals surface area contributed by atoms with Crippen LogP contribution in [0, 0.1) is 24.7 Å². The number of carboxylic acid groups (broad SMARTS) is 1. The average molecular weight is 577 g/mol. The number of benzene rings is 2. The monoisotopic (exact) mass is 576 g/mol. The summed E-state index contributed by atoms with van der Waals surface area (Å²) in [7, 11) is 1.76. The molecular weight excluding hydrogens is 524 g/mol. The zero-order valence-electron chi connectivity index (χ0n) is 26.6. The third-order valence-electron chi connectivity index (χ3n) is 9.78. The number of aromatic amines is 1. The standard InChI is InChI=1S/C18H26N2O2.C16H20O2.C2H6/c1-4-22-14-6-9-20(10-7-14)12-16-15-5-8-19-18(15)13(2)11-17(16)21-3;1-10-5-6-13(10)15-8-7-14(15)11-3-2-4-12(9-11)16(17)18;1-2/h5,8,11,14,19H,4,6-7,9-10,12H2,1-3H3;2-4,9-10,13-15H,5-8H2,1H3,(H,17,18);1-2H3. The highest BCUT2D eigenvalue weighted by Gasteiger charge is 2.43. The number of carboxylic acids is 1. The van der Waals surface area contributed by atoms with Gasteiger partial charge in [0.2, 0.25) is 0 Å². The van der Waals surface area contributed by atoms with Crippen molar-refractivity contribution >= 4 is 16.9 Å². The molecule has 1 aromatic heterocycles. The topological polar surface area (TPSA) is 74.8 Å². The Kier molecular flexibility index (Phi) is 11.5. The summed E-state index contributed by atoms with van der Waals surface area (Å²) in [6.07, 6.45) is 10.0. The Morgan fingerprint density at radius 2 is 1.76 bits per heavy atom. The fourth-order valence-corrected chi connectivity index (χ4v) is 7.16. The van der Waals surface area contributed by atoms with Crippen molar-refractivity contribution in [3.63, 3.8) is 0 Å². The van der Waals surface area contributed by atoms with Gasteiger partial charge in [-0.2, -0.15) is 0 Å². The van der Waals surface area contributed by atoms with Crippen LogP contribution in [0.4, 0.5) is 0 Å². The minimum absolute atomic E-state index is 0.430. The number of nitrogens with zero attached hydrogens (tertiary/aromatic N) is 1. The van der Waals surface area contributed by atoms with Crippen LogP contribution >= 0.6 is 0 Å². The number of piperidine rings is 1. The molecule has 3 aromatic rings. The quantitative estimate of drug-likeness (QED) is 0.281. The molecule has 2 saturated carbocycles. The number of fused-ring (bicyclic) bond motifs is 1. The Balaban J connectivity index is 0.000000185. The maximum Gasteiger partial charge on any atom is 0.335 e. The van der Waals surface area contributed by atoms with E-state index in [1.54, 1.807) is 13.2 Å². The molecule has 2 aromatic carbocycles. The second kappa shape index (κ2) is 15.1. The highest BCUT2D eigenvalue weighted by molar-refractivity contribution is 5.88. The number of hydrogen-bond donors (Lipinski definition) is 2. The van der Waals surface area contributed by atoms with Gasteiger partial charge in [0.05, 0.1) is 18.8 Å². The van der Waals surface area contributed by atoms with Gasteiger partial charge >= 0.3 is 5.97 Å². The highest BCUT2D eigenvalue weighted by atomic mass is 16.5. The van der Waals surface area contributed by atoms with Crippen LogP contribution in [0.15, 0.2) is 42.6 Å². The first-order valence-electron chi connectivity index (χ1n) is 16.2. The van der Waals surface area contributed by atoms with Crippen molar-refractivity contribution in [2.75, 3.05) is 26.8 Å². The van der Waals surface area contributed by atoms with Gasteiger partial charge in [-0.1, -0.05) is 39.3 Å². The lowest BCUT2D eigenvalue weighted by molar-refractivity contribution is 0.0125. The minimum Gasteiger partial charge on any atom is -0.496 e. The lowest BCUT2D eigenvalue weighted by atomic mass is 9.56. The Bertz CT molecular complexity index is 1290. The van der Waals surface area contributed by atoms with E-state index in [1.807, 2.05) is 32.2 Å². The second-order valence-corrected chi connectivity index (χ2v) is 12.1. The van der Waals surface area contributed by atoms with Gasteiger partial charge in [0, 0.05) is 48.9 Å². The normalized spacial score (nSPS) is 24.0. The van der Waals surface area contributed by atoms with Crippen LogP contribution in [0.1, 0.15) is 99.2 Å². The maximum atomic E-state index is 11.0. The molecule has 3 aliphatic rings. The molecule has 0 radical (unpaired) electrons. The molecule has 42 heavy (non-hydrogen) atoms. The van der Waals surface area contributed by atoms with Gasteiger partial charge in [0.15, 0.2) is 0 Å². The van der Waals surface area contributed by atoms with Crippen LogP contribution in [-0.4, -0.2) is 53.9 Å². The number of hydrogen-bond acceptors (Lipinski definition) is 4. The number of likely N-dealkylation sites (tertiary alicyclic amines) is 1. The first-order chi connectivity index (χ1) is 20.4. The molecule has 2 heterocycles. The zero-order chi connectivity index (χ0) is 30.2. The number of ether oxygens (including phenoxy) is 2. The summed E-state index contributed by atoms with van der Waals surface area (Å²) in [5.74, 6) is 3.36. The third kappa shape index (κ3) is 7.20. The number of carbonyl (C=O) groups is 1. The number of nitrogens with one attached hydrogen (secondary N) is 1. The van der Waals surface area contributed by atoms with Gasteiger partial charge in [-0.15, -0.1) is 0 Å².